The van der Waals surface area contributed by atoms with Crippen molar-refractivity contribution in [1.82, 2.24) is 5.43 Å². The van der Waals surface area contributed by atoms with Crippen LogP contribution in [0.25, 0.3) is 0 Å². The van der Waals surface area contributed by atoms with E-state index in [0.29, 0.717) is 5.75 Å². The molecule has 0 aliphatic heterocycles. The Labute approximate surface area is 145 Å². The van der Waals surface area contributed by atoms with E-state index in [1.165, 1.54) is 11.8 Å². The number of benzene rings is 2. The lowest BCUT2D eigenvalue weighted by atomic mass is 10.2. The highest BCUT2D eigenvalue weighted by atomic mass is 32.2. The van der Waals surface area contributed by atoms with Gasteiger partial charge in [0.25, 0.3) is 5.91 Å². The van der Waals surface area contributed by atoms with Crippen molar-refractivity contribution in [3.63, 3.8) is 0 Å². The van der Waals surface area contributed by atoms with Crippen LogP contribution in [-0.2, 0) is 4.79 Å². The van der Waals surface area contributed by atoms with Crippen LogP contribution in [0.3, 0.4) is 0 Å². The van der Waals surface area contributed by atoms with Crippen molar-refractivity contribution in [2.24, 2.45) is 5.10 Å². The van der Waals surface area contributed by atoms with Gasteiger partial charge < -0.3 is 4.74 Å². The van der Waals surface area contributed by atoms with Gasteiger partial charge in [0, 0.05) is 4.90 Å². The summed E-state index contributed by atoms with van der Waals surface area (Å²) in [4.78, 5) is 13.1. The Bertz CT molecular complexity index is 724. The maximum Gasteiger partial charge on any atom is 0.253 e. The fraction of sp³-hybridized carbons (Fsp3) is 0.167. The number of ether oxygens (including phenoxy) is 1. The second-order valence-corrected chi connectivity index (χ2v) is 6.24. The van der Waals surface area contributed by atoms with Crippen LogP contribution in [0, 0.1) is 11.3 Å². The molecule has 6 heteroatoms. The molecule has 1 amide bonds. The number of thioether (sulfide) groups is 1. The Morgan fingerprint density at radius 3 is 2.67 bits per heavy atom. The first-order chi connectivity index (χ1) is 11.7. The molecule has 122 valence electrons. The average molecular weight is 339 g/mol. The highest BCUT2D eigenvalue weighted by molar-refractivity contribution is 8.00. The molecule has 0 aliphatic carbocycles. The standard InChI is InChI=1S/C18H17N3O2S/c1-14(24-17-5-3-2-4-6-17)18(22)21-20-13-15-7-9-16(10-8-15)23-12-11-19/h2-10,13-14H,12H2,1H3,(H,21,22)/b20-13-/t14-/m1/s1. The smallest absolute Gasteiger partial charge is 0.253 e. The molecular weight excluding hydrogens is 322 g/mol. The lowest BCUT2D eigenvalue weighted by molar-refractivity contribution is -0.120. The second kappa shape index (κ2) is 9.38. The second-order valence-electron chi connectivity index (χ2n) is 4.82. The number of nitriles is 1. The van der Waals surface area contributed by atoms with Crippen LogP contribution >= 0.6 is 11.8 Å². The first-order valence-electron chi connectivity index (χ1n) is 7.33. The molecular formula is C18H17N3O2S. The van der Waals surface area contributed by atoms with E-state index in [-0.39, 0.29) is 17.8 Å². The number of hydrogen-bond donors (Lipinski definition) is 1. The lowest BCUT2D eigenvalue weighted by Gasteiger charge is -2.09. The van der Waals surface area contributed by atoms with Crippen molar-refractivity contribution in [3.8, 4) is 11.8 Å². The van der Waals surface area contributed by atoms with Crippen LogP contribution in [-0.4, -0.2) is 24.0 Å². The maximum absolute atomic E-state index is 12.0. The molecule has 0 bridgehead atoms. The van der Waals surface area contributed by atoms with Crippen LogP contribution in [0.1, 0.15) is 12.5 Å². The summed E-state index contributed by atoms with van der Waals surface area (Å²) in [7, 11) is 0. The zero-order valence-corrected chi connectivity index (χ0v) is 14.0. The SMILES string of the molecule is C[C@@H](Sc1ccccc1)C(=O)N/N=C\c1ccc(OCC#N)cc1. The summed E-state index contributed by atoms with van der Waals surface area (Å²) in [6.07, 6.45) is 1.56. The summed E-state index contributed by atoms with van der Waals surface area (Å²) in [5.41, 5.74) is 3.36. The first-order valence-corrected chi connectivity index (χ1v) is 8.21. The van der Waals surface area contributed by atoms with Gasteiger partial charge in [-0.05, 0) is 48.9 Å². The van der Waals surface area contributed by atoms with Crippen LogP contribution in [0.5, 0.6) is 5.75 Å². The topological polar surface area (TPSA) is 74.5 Å². The van der Waals surface area contributed by atoms with E-state index in [1.807, 2.05) is 43.3 Å². The molecule has 0 aliphatic rings. The highest BCUT2D eigenvalue weighted by Gasteiger charge is 2.13. The predicted octanol–water partition coefficient (Wildman–Crippen LogP) is 3.22. The van der Waals surface area contributed by atoms with Crippen molar-refractivity contribution < 1.29 is 9.53 Å². The Morgan fingerprint density at radius 1 is 1.29 bits per heavy atom. The fourth-order valence-electron chi connectivity index (χ4n) is 1.78. The maximum atomic E-state index is 12.0. The Balaban J connectivity index is 1.82. The third kappa shape index (κ3) is 5.78. The Morgan fingerprint density at radius 2 is 2.00 bits per heavy atom. The zero-order chi connectivity index (χ0) is 17.2. The van der Waals surface area contributed by atoms with Crippen molar-refractivity contribution >= 4 is 23.9 Å². The zero-order valence-electron chi connectivity index (χ0n) is 13.2. The van der Waals surface area contributed by atoms with E-state index in [1.54, 1.807) is 30.5 Å². The monoisotopic (exact) mass is 339 g/mol. The van der Waals surface area contributed by atoms with Crippen LogP contribution < -0.4 is 10.2 Å². The summed E-state index contributed by atoms with van der Waals surface area (Å²) < 4.78 is 5.16. The molecule has 0 heterocycles. The van der Waals surface area contributed by atoms with Gasteiger partial charge in [-0.3, -0.25) is 4.79 Å². The van der Waals surface area contributed by atoms with Crippen LogP contribution in [0.4, 0.5) is 0 Å². The van der Waals surface area contributed by atoms with Gasteiger partial charge in [0.05, 0.1) is 11.5 Å². The number of nitrogens with zero attached hydrogens (tertiary/aromatic N) is 2. The number of nitrogens with one attached hydrogen (secondary N) is 1. The van der Waals surface area contributed by atoms with Crippen LogP contribution in [0.2, 0.25) is 0 Å². The van der Waals surface area contributed by atoms with E-state index in [0.717, 1.165) is 10.5 Å². The quantitative estimate of drug-likeness (QED) is 0.477. The molecule has 1 atom stereocenters. The molecule has 0 fully saturated rings. The minimum absolute atomic E-state index is 0.0143. The Hall–Kier alpha value is -2.78. The minimum atomic E-state index is -0.244. The van der Waals surface area contributed by atoms with Gasteiger partial charge in [-0.1, -0.05) is 18.2 Å². The lowest BCUT2D eigenvalue weighted by Crippen LogP contribution is -2.26. The van der Waals surface area contributed by atoms with Crippen LogP contribution in [0.15, 0.2) is 64.6 Å². The number of hydrazone groups is 1. The van der Waals surface area contributed by atoms with E-state index in [9.17, 15) is 4.79 Å². The third-order valence-electron chi connectivity index (χ3n) is 3.00. The molecule has 24 heavy (non-hydrogen) atoms. The van der Waals surface area contributed by atoms with Crippen molar-refractivity contribution in [3.05, 3.63) is 60.2 Å². The van der Waals surface area contributed by atoms with E-state index in [2.05, 4.69) is 10.5 Å². The molecule has 2 aromatic carbocycles. The summed E-state index contributed by atoms with van der Waals surface area (Å²) >= 11 is 1.48. The van der Waals surface area contributed by atoms with Crippen molar-refractivity contribution in [2.45, 2.75) is 17.1 Å². The third-order valence-corrected chi connectivity index (χ3v) is 4.11. The molecule has 0 radical (unpaired) electrons. The van der Waals surface area contributed by atoms with Crippen molar-refractivity contribution in [2.75, 3.05) is 6.61 Å². The molecule has 2 aromatic rings. The molecule has 0 saturated heterocycles. The van der Waals surface area contributed by atoms with Gasteiger partial charge in [-0.2, -0.15) is 10.4 Å². The number of carbonyl (C=O) groups excluding carboxylic acids is 1. The van der Waals surface area contributed by atoms with Gasteiger partial charge in [0.1, 0.15) is 11.8 Å². The fourth-order valence-corrected chi connectivity index (χ4v) is 2.67. The summed E-state index contributed by atoms with van der Waals surface area (Å²) in [6.45, 7) is 1.85. The van der Waals surface area contributed by atoms with Gasteiger partial charge in [0.2, 0.25) is 0 Å². The summed E-state index contributed by atoms with van der Waals surface area (Å²) in [6, 6.07) is 18.7. The van der Waals surface area contributed by atoms with Crippen molar-refractivity contribution in [1.29, 1.82) is 5.26 Å². The van der Waals surface area contributed by atoms with Gasteiger partial charge >= 0.3 is 0 Å². The summed E-state index contributed by atoms with van der Waals surface area (Å²) in [5.74, 6) is 0.458. The molecule has 0 saturated carbocycles. The molecule has 1 N–H and O–H groups in total. The average Bonchev–Trinajstić information content (AvgIpc) is 2.61. The molecule has 2 rings (SSSR count). The van der Waals surface area contributed by atoms with E-state index in [4.69, 9.17) is 10.00 Å². The number of carbonyl (C=O) groups is 1. The van der Waals surface area contributed by atoms with Gasteiger partial charge in [-0.25, -0.2) is 5.43 Å². The predicted molar refractivity (Wildman–Crippen MR) is 95.0 cm³/mol. The Kier molecular flexibility index (Phi) is 6.87. The van der Waals surface area contributed by atoms with Gasteiger partial charge in [0.15, 0.2) is 6.61 Å². The molecule has 0 spiro atoms. The molecule has 0 unspecified atom stereocenters. The highest BCUT2D eigenvalue weighted by Crippen LogP contribution is 2.22. The minimum Gasteiger partial charge on any atom is -0.479 e. The summed E-state index contributed by atoms with van der Waals surface area (Å²) in [5, 5.41) is 12.2. The number of hydrogen-bond acceptors (Lipinski definition) is 5. The number of amides is 1. The largest absolute Gasteiger partial charge is 0.479 e. The number of rotatable bonds is 7. The normalized spacial score (nSPS) is 11.7. The van der Waals surface area contributed by atoms with Gasteiger partial charge in [-0.15, -0.1) is 11.8 Å². The van der Waals surface area contributed by atoms with E-state index >= 15 is 0 Å². The first kappa shape index (κ1) is 17.6. The molecule has 0 aromatic heterocycles. The molecule has 5 nitrogen and oxygen atoms in total. The van der Waals surface area contributed by atoms with E-state index < -0.39 is 0 Å².